The molecule has 0 saturated carbocycles. The van der Waals surface area contributed by atoms with Crippen LogP contribution in [-0.4, -0.2) is 39.4 Å². The molecule has 31 heavy (non-hydrogen) atoms. The molecule has 9 nitrogen and oxygen atoms in total. The Balaban J connectivity index is 1.66. The van der Waals surface area contributed by atoms with E-state index in [4.69, 9.17) is 11.6 Å². The Morgan fingerprint density at radius 3 is 2.39 bits per heavy atom. The lowest BCUT2D eigenvalue weighted by molar-refractivity contribution is 0.103. The molecule has 0 amide bonds. The minimum Gasteiger partial charge on any atom is -0.289 e. The molecule has 156 valence electrons. The predicted octanol–water partition coefficient (Wildman–Crippen LogP) is 2.96. The first-order valence-electron chi connectivity index (χ1n) is 8.95. The lowest BCUT2D eigenvalue weighted by Crippen LogP contribution is -2.16. The highest BCUT2D eigenvalue weighted by Gasteiger charge is 2.20. The van der Waals surface area contributed by atoms with E-state index in [0.29, 0.717) is 22.0 Å². The predicted molar refractivity (Wildman–Crippen MR) is 114 cm³/mol. The van der Waals surface area contributed by atoms with Gasteiger partial charge in [-0.2, -0.15) is 0 Å². The van der Waals surface area contributed by atoms with Gasteiger partial charge >= 0.3 is 0 Å². The third-order valence-electron chi connectivity index (χ3n) is 4.46. The van der Waals surface area contributed by atoms with Gasteiger partial charge in [0.25, 0.3) is 10.0 Å². The molecule has 4 aromatic rings. The Bertz CT molecular complexity index is 1360. The average Bonchev–Trinajstić information content (AvgIpc) is 3.21. The molecule has 1 N–H and O–H groups in total. The van der Waals surface area contributed by atoms with Crippen LogP contribution in [0, 0.1) is 0 Å². The van der Waals surface area contributed by atoms with Crippen molar-refractivity contribution in [1.29, 1.82) is 0 Å². The van der Waals surface area contributed by atoms with Crippen molar-refractivity contribution in [3.05, 3.63) is 83.1 Å². The van der Waals surface area contributed by atoms with E-state index in [1.165, 1.54) is 47.4 Å². The Labute approximate surface area is 182 Å². The highest BCUT2D eigenvalue weighted by molar-refractivity contribution is 7.92. The minimum absolute atomic E-state index is 0.0173. The summed E-state index contributed by atoms with van der Waals surface area (Å²) in [5.41, 5.74) is 1.27. The van der Waals surface area contributed by atoms with Crippen LogP contribution in [0.4, 0.5) is 5.69 Å². The van der Waals surface area contributed by atoms with Gasteiger partial charge in [-0.3, -0.25) is 14.5 Å². The second kappa shape index (κ2) is 8.25. The number of carbonyl (C=O) groups excluding carboxylic acids is 1. The number of halogens is 1. The number of tetrazole rings is 1. The number of sulfonamides is 1. The molecule has 2 aromatic heterocycles. The zero-order chi connectivity index (χ0) is 22.0. The summed E-state index contributed by atoms with van der Waals surface area (Å²) in [5, 5.41) is 11.5. The third-order valence-corrected chi connectivity index (χ3v) is 6.07. The van der Waals surface area contributed by atoms with Crippen LogP contribution in [0.5, 0.6) is 0 Å². The van der Waals surface area contributed by atoms with Crippen molar-refractivity contribution in [2.24, 2.45) is 7.05 Å². The molecule has 2 heterocycles. The first-order valence-corrected chi connectivity index (χ1v) is 10.8. The fourth-order valence-electron chi connectivity index (χ4n) is 2.91. The van der Waals surface area contributed by atoms with Gasteiger partial charge in [-0.05, 0) is 65.0 Å². The van der Waals surface area contributed by atoms with Gasteiger partial charge in [-0.15, -0.1) is 5.10 Å². The van der Waals surface area contributed by atoms with Crippen LogP contribution in [0.15, 0.2) is 71.9 Å². The van der Waals surface area contributed by atoms with E-state index >= 15 is 0 Å². The summed E-state index contributed by atoms with van der Waals surface area (Å²) < 4.78 is 29.9. The monoisotopic (exact) mass is 454 g/mol. The van der Waals surface area contributed by atoms with Gasteiger partial charge in [0.2, 0.25) is 0 Å². The van der Waals surface area contributed by atoms with E-state index in [9.17, 15) is 13.2 Å². The lowest BCUT2D eigenvalue weighted by atomic mass is 10.0. The third kappa shape index (κ3) is 4.30. The zero-order valence-electron chi connectivity index (χ0n) is 16.1. The van der Waals surface area contributed by atoms with Crippen molar-refractivity contribution in [3.63, 3.8) is 0 Å². The molecule has 0 unspecified atom stereocenters. The average molecular weight is 455 g/mol. The van der Waals surface area contributed by atoms with Crippen molar-refractivity contribution >= 4 is 33.1 Å². The van der Waals surface area contributed by atoms with Crippen LogP contribution in [-0.2, 0) is 17.1 Å². The van der Waals surface area contributed by atoms with Crippen molar-refractivity contribution in [2.75, 3.05) is 4.72 Å². The van der Waals surface area contributed by atoms with E-state index in [0.717, 1.165) is 0 Å². The molecule has 0 saturated heterocycles. The number of pyridine rings is 1. The maximum atomic E-state index is 13.0. The first-order chi connectivity index (χ1) is 14.8. The van der Waals surface area contributed by atoms with Crippen LogP contribution in [0.25, 0.3) is 11.4 Å². The van der Waals surface area contributed by atoms with Gasteiger partial charge in [0.15, 0.2) is 11.6 Å². The number of nitrogens with one attached hydrogen (secondary N) is 1. The topological polar surface area (TPSA) is 120 Å². The van der Waals surface area contributed by atoms with E-state index in [2.05, 4.69) is 25.2 Å². The van der Waals surface area contributed by atoms with Crippen LogP contribution in [0.1, 0.15) is 15.9 Å². The van der Waals surface area contributed by atoms with Crippen molar-refractivity contribution in [3.8, 4) is 11.4 Å². The molecule has 4 rings (SSSR count). The van der Waals surface area contributed by atoms with Crippen molar-refractivity contribution < 1.29 is 13.2 Å². The van der Waals surface area contributed by atoms with Gasteiger partial charge in [-0.1, -0.05) is 11.6 Å². The molecule has 0 atom stereocenters. The number of hydrogen-bond acceptors (Lipinski definition) is 7. The van der Waals surface area contributed by atoms with E-state index in [-0.39, 0.29) is 21.9 Å². The maximum Gasteiger partial charge on any atom is 0.261 e. The molecule has 2 aromatic carbocycles. The summed E-state index contributed by atoms with van der Waals surface area (Å²) in [6, 6.07) is 13.5. The van der Waals surface area contributed by atoms with Crippen LogP contribution < -0.4 is 4.72 Å². The lowest BCUT2D eigenvalue weighted by Gasteiger charge is -2.13. The molecule has 0 spiro atoms. The van der Waals surface area contributed by atoms with Crippen LogP contribution in [0.2, 0.25) is 5.02 Å². The fourth-order valence-corrected chi connectivity index (χ4v) is 4.16. The minimum atomic E-state index is -3.98. The molecule has 0 aliphatic heterocycles. The number of rotatable bonds is 6. The summed E-state index contributed by atoms with van der Waals surface area (Å²) >= 11 is 6.06. The quantitative estimate of drug-likeness (QED) is 0.444. The Morgan fingerprint density at radius 2 is 1.74 bits per heavy atom. The summed E-state index contributed by atoms with van der Waals surface area (Å²) in [7, 11) is -2.29. The second-order valence-corrected chi connectivity index (χ2v) is 8.63. The number of ketones is 1. The Hall–Kier alpha value is -3.63. The summed E-state index contributed by atoms with van der Waals surface area (Å²) in [6.07, 6.45) is 2.96. The first kappa shape index (κ1) is 20.6. The number of nitrogens with zero attached hydrogens (tertiary/aromatic N) is 5. The van der Waals surface area contributed by atoms with Crippen molar-refractivity contribution in [2.45, 2.75) is 4.90 Å². The van der Waals surface area contributed by atoms with E-state index in [1.807, 2.05) is 0 Å². The van der Waals surface area contributed by atoms with Crippen LogP contribution in [0.3, 0.4) is 0 Å². The Kier molecular flexibility index (Phi) is 5.49. The van der Waals surface area contributed by atoms with Gasteiger partial charge in [0.05, 0.1) is 10.6 Å². The second-order valence-electron chi connectivity index (χ2n) is 6.51. The molecule has 0 aliphatic carbocycles. The standard InChI is InChI=1S/C20H15ClN6O3S/c1-27-20(23-25-26-27)14-2-5-16(6-3-14)31(29,30)24-18-7-4-15(21)12-17(18)19(28)13-8-10-22-11-9-13/h2-12,24H,1H3. The van der Waals surface area contributed by atoms with Crippen molar-refractivity contribution in [1.82, 2.24) is 25.2 Å². The van der Waals surface area contributed by atoms with Gasteiger partial charge in [0, 0.05) is 41.2 Å². The number of aromatic nitrogens is 5. The van der Waals surface area contributed by atoms with Crippen LogP contribution >= 0.6 is 11.6 Å². The molecule has 0 radical (unpaired) electrons. The smallest absolute Gasteiger partial charge is 0.261 e. The summed E-state index contributed by atoms with van der Waals surface area (Å²) in [6.45, 7) is 0. The van der Waals surface area contributed by atoms with Gasteiger partial charge in [-0.25, -0.2) is 13.1 Å². The number of aryl methyl sites for hydroxylation is 1. The number of carbonyl (C=O) groups is 1. The van der Waals surface area contributed by atoms with Gasteiger partial charge in [0.1, 0.15) is 0 Å². The zero-order valence-corrected chi connectivity index (χ0v) is 17.7. The molecular formula is C20H15ClN6O3S. The maximum absolute atomic E-state index is 13.0. The van der Waals surface area contributed by atoms with E-state index < -0.39 is 10.0 Å². The van der Waals surface area contributed by atoms with E-state index in [1.54, 1.807) is 31.3 Å². The highest BCUT2D eigenvalue weighted by atomic mass is 35.5. The summed E-state index contributed by atoms with van der Waals surface area (Å²) in [4.78, 5) is 16.8. The highest BCUT2D eigenvalue weighted by Crippen LogP contribution is 2.27. The number of hydrogen-bond donors (Lipinski definition) is 1. The normalized spacial score (nSPS) is 11.3. The fraction of sp³-hybridized carbons (Fsp3) is 0.0500. The van der Waals surface area contributed by atoms with Gasteiger partial charge < -0.3 is 0 Å². The largest absolute Gasteiger partial charge is 0.289 e. The SMILES string of the molecule is Cn1nnnc1-c1ccc(S(=O)(=O)Nc2ccc(Cl)cc2C(=O)c2ccncc2)cc1. The molecule has 0 aliphatic rings. The molecular weight excluding hydrogens is 440 g/mol. The molecule has 11 heteroatoms. The Morgan fingerprint density at radius 1 is 1.03 bits per heavy atom. The number of anilines is 1. The molecule has 0 fully saturated rings. The summed E-state index contributed by atoms with van der Waals surface area (Å²) in [5.74, 6) is 0.118. The molecule has 0 bridgehead atoms. The number of benzene rings is 2.